The van der Waals surface area contributed by atoms with Crippen molar-refractivity contribution in [2.45, 2.75) is 38.7 Å². The average molecular weight is 535 g/mol. The Morgan fingerprint density at radius 3 is 2.62 bits per heavy atom. The van der Waals surface area contributed by atoms with Crippen LogP contribution in [-0.4, -0.2) is 27.1 Å². The molecule has 0 aliphatic carbocycles. The van der Waals surface area contributed by atoms with Crippen molar-refractivity contribution in [3.05, 3.63) is 107 Å². The molecule has 5 nitrogen and oxygen atoms in total. The Kier molecular flexibility index (Phi) is 5.89. The molecule has 9 heteroatoms. The summed E-state index contributed by atoms with van der Waals surface area (Å²) in [5, 5.41) is 11.3. The number of hydrogen-bond acceptors (Lipinski definition) is 4. The molecule has 1 N–H and O–H groups in total. The smallest absolute Gasteiger partial charge is 0.416 e. The van der Waals surface area contributed by atoms with Crippen LogP contribution < -0.4 is 4.90 Å². The van der Waals surface area contributed by atoms with Crippen LogP contribution in [0.15, 0.2) is 84.1 Å². The van der Waals surface area contributed by atoms with Gasteiger partial charge < -0.3 is 19.5 Å². The molecular formula is C30H26F4N4O. The maximum Gasteiger partial charge on any atom is 0.416 e. The number of rotatable bonds is 3. The van der Waals surface area contributed by atoms with Gasteiger partial charge in [-0.3, -0.25) is 0 Å². The molecule has 1 atom stereocenters. The third-order valence-corrected chi connectivity index (χ3v) is 7.37. The summed E-state index contributed by atoms with van der Waals surface area (Å²) in [5.41, 5.74) is 3.30. The van der Waals surface area contributed by atoms with E-state index in [4.69, 9.17) is 4.99 Å². The standard InChI is InChI=1S/C30H26F4N4O/c1-18-9-10-26-20(13-18)15-23-17-36(11-12-37(23)26)29-35-28-24(7-4-8-25(28)31)27(14-19(2)39)38(29)22-6-3-5-21(16-22)30(32,33)34/h3-10,13,15-16,27,39H,2,11-12,14,17H2,1H3. The Morgan fingerprint density at radius 2 is 1.85 bits per heavy atom. The van der Waals surface area contributed by atoms with E-state index >= 15 is 4.39 Å². The number of nitrogens with zero attached hydrogens (tertiary/aromatic N) is 4. The van der Waals surface area contributed by atoms with Gasteiger partial charge in [-0.2, -0.15) is 13.2 Å². The Bertz CT molecular complexity index is 1640. The number of para-hydroxylation sites is 1. The van der Waals surface area contributed by atoms with E-state index in [1.807, 2.05) is 11.8 Å². The Labute approximate surface area is 222 Å². The molecule has 0 radical (unpaired) electrons. The van der Waals surface area contributed by atoms with Gasteiger partial charge >= 0.3 is 6.18 Å². The van der Waals surface area contributed by atoms with Crippen molar-refractivity contribution < 1.29 is 22.7 Å². The number of hydrogen-bond donors (Lipinski definition) is 1. The first-order valence-corrected chi connectivity index (χ1v) is 12.6. The van der Waals surface area contributed by atoms with Crippen molar-refractivity contribution in [1.29, 1.82) is 0 Å². The van der Waals surface area contributed by atoms with Gasteiger partial charge in [-0.05, 0) is 49.4 Å². The lowest BCUT2D eigenvalue weighted by atomic mass is 9.96. The van der Waals surface area contributed by atoms with Crippen molar-refractivity contribution in [1.82, 2.24) is 9.47 Å². The molecule has 4 aromatic rings. The van der Waals surface area contributed by atoms with Crippen molar-refractivity contribution in [2.75, 3.05) is 11.4 Å². The van der Waals surface area contributed by atoms with E-state index in [0.29, 0.717) is 31.2 Å². The molecule has 1 unspecified atom stereocenters. The predicted octanol–water partition coefficient (Wildman–Crippen LogP) is 7.63. The second-order valence-electron chi connectivity index (χ2n) is 10.1. The summed E-state index contributed by atoms with van der Waals surface area (Å²) in [5.74, 6) is -0.378. The number of guanidine groups is 1. The molecule has 2 aliphatic heterocycles. The van der Waals surface area contributed by atoms with E-state index in [1.165, 1.54) is 18.2 Å². The van der Waals surface area contributed by atoms with Gasteiger partial charge in [0.05, 0.1) is 23.9 Å². The molecule has 2 aliphatic rings. The van der Waals surface area contributed by atoms with Crippen LogP contribution in [0.1, 0.15) is 34.8 Å². The van der Waals surface area contributed by atoms with Crippen LogP contribution in [0.3, 0.4) is 0 Å². The van der Waals surface area contributed by atoms with Crippen LogP contribution in [0, 0.1) is 12.7 Å². The number of aliphatic hydroxyl groups is 1. The molecule has 0 spiro atoms. The van der Waals surface area contributed by atoms with Crippen molar-refractivity contribution in [3.8, 4) is 0 Å². The molecule has 0 amide bonds. The van der Waals surface area contributed by atoms with E-state index in [-0.39, 0.29) is 23.6 Å². The highest BCUT2D eigenvalue weighted by molar-refractivity contribution is 6.01. The third kappa shape index (κ3) is 4.41. The number of aromatic nitrogens is 1. The van der Waals surface area contributed by atoms with Gasteiger partial charge in [0.1, 0.15) is 11.5 Å². The SMILES string of the molecule is C=C(O)CC1c2cccc(F)c2N=C(N2CCn3c(cc4cc(C)ccc43)C2)N1c1cccc(C(F)(F)F)c1. The monoisotopic (exact) mass is 534 g/mol. The van der Waals surface area contributed by atoms with Crippen LogP contribution in [0.5, 0.6) is 0 Å². The fraction of sp³-hybridized carbons (Fsp3) is 0.233. The minimum absolute atomic E-state index is 0.0148. The summed E-state index contributed by atoms with van der Waals surface area (Å²) in [7, 11) is 0. The van der Waals surface area contributed by atoms with E-state index < -0.39 is 23.6 Å². The second-order valence-corrected chi connectivity index (χ2v) is 10.1. The van der Waals surface area contributed by atoms with Crippen LogP contribution >= 0.6 is 0 Å². The molecule has 0 fully saturated rings. The number of benzene rings is 3. The largest absolute Gasteiger partial charge is 0.513 e. The number of aryl methyl sites for hydroxylation is 1. The van der Waals surface area contributed by atoms with Gasteiger partial charge in [0.2, 0.25) is 5.96 Å². The average Bonchev–Trinajstić information content (AvgIpc) is 3.25. The third-order valence-electron chi connectivity index (χ3n) is 7.37. The minimum Gasteiger partial charge on any atom is -0.513 e. The van der Waals surface area contributed by atoms with Gasteiger partial charge in [-0.25, -0.2) is 9.38 Å². The molecule has 6 rings (SSSR count). The number of fused-ring (bicyclic) bond motifs is 4. The zero-order valence-electron chi connectivity index (χ0n) is 21.2. The number of alkyl halides is 3. The highest BCUT2D eigenvalue weighted by atomic mass is 19.4. The van der Waals surface area contributed by atoms with Crippen molar-refractivity contribution in [3.63, 3.8) is 0 Å². The van der Waals surface area contributed by atoms with Crippen LogP contribution in [0.4, 0.5) is 28.9 Å². The summed E-state index contributed by atoms with van der Waals surface area (Å²) < 4.78 is 58.5. The van der Waals surface area contributed by atoms with E-state index in [0.717, 1.165) is 34.3 Å². The van der Waals surface area contributed by atoms with Gasteiger partial charge in [-0.1, -0.05) is 36.4 Å². The van der Waals surface area contributed by atoms with Crippen LogP contribution in [0.25, 0.3) is 10.9 Å². The summed E-state index contributed by atoms with van der Waals surface area (Å²) >= 11 is 0. The lowest BCUT2D eigenvalue weighted by Gasteiger charge is -2.43. The Balaban J connectivity index is 1.51. The molecule has 1 aromatic heterocycles. The zero-order chi connectivity index (χ0) is 27.5. The van der Waals surface area contributed by atoms with E-state index in [2.05, 4.69) is 35.4 Å². The topological polar surface area (TPSA) is 44.0 Å². The molecule has 3 aromatic carbocycles. The Hall–Kier alpha value is -4.27. The first-order valence-electron chi connectivity index (χ1n) is 12.6. The van der Waals surface area contributed by atoms with Crippen molar-refractivity contribution in [2.24, 2.45) is 4.99 Å². The summed E-state index contributed by atoms with van der Waals surface area (Å²) in [6.07, 6.45) is -4.56. The van der Waals surface area contributed by atoms with Gasteiger partial charge in [0.25, 0.3) is 0 Å². The first-order chi connectivity index (χ1) is 18.6. The fourth-order valence-electron chi connectivity index (χ4n) is 5.63. The highest BCUT2D eigenvalue weighted by Gasteiger charge is 2.38. The molecule has 200 valence electrons. The highest BCUT2D eigenvalue weighted by Crippen LogP contribution is 2.44. The lowest BCUT2D eigenvalue weighted by molar-refractivity contribution is -0.137. The predicted molar refractivity (Wildman–Crippen MR) is 144 cm³/mol. The second kappa shape index (κ2) is 9.18. The van der Waals surface area contributed by atoms with Crippen LogP contribution in [0.2, 0.25) is 0 Å². The van der Waals surface area contributed by atoms with E-state index in [1.54, 1.807) is 17.0 Å². The van der Waals surface area contributed by atoms with Crippen molar-refractivity contribution >= 4 is 28.2 Å². The summed E-state index contributed by atoms with van der Waals surface area (Å²) in [6.45, 7) is 7.22. The summed E-state index contributed by atoms with van der Waals surface area (Å²) in [6, 6.07) is 17.2. The maximum absolute atomic E-state index is 15.1. The molecule has 39 heavy (non-hydrogen) atoms. The number of halogens is 4. The molecule has 0 saturated heterocycles. The van der Waals surface area contributed by atoms with Crippen LogP contribution in [-0.2, 0) is 19.3 Å². The molecular weight excluding hydrogens is 508 g/mol. The van der Waals surface area contributed by atoms with Gasteiger partial charge in [-0.15, -0.1) is 0 Å². The summed E-state index contributed by atoms with van der Waals surface area (Å²) in [4.78, 5) is 8.34. The molecule has 3 heterocycles. The minimum atomic E-state index is -4.55. The normalized spacial score (nSPS) is 17.2. The number of aliphatic hydroxyl groups excluding tert-OH is 1. The number of anilines is 1. The first kappa shape index (κ1) is 25.0. The quantitative estimate of drug-likeness (QED) is 0.217. The maximum atomic E-state index is 15.1. The molecule has 0 bridgehead atoms. The lowest BCUT2D eigenvalue weighted by Crippen LogP contribution is -2.50. The zero-order valence-corrected chi connectivity index (χ0v) is 21.2. The van der Waals surface area contributed by atoms with E-state index in [9.17, 15) is 18.3 Å². The number of aliphatic imine (C=N–C) groups is 1. The van der Waals surface area contributed by atoms with Gasteiger partial charge in [0, 0.05) is 47.4 Å². The fourth-order valence-corrected chi connectivity index (χ4v) is 5.63. The Morgan fingerprint density at radius 1 is 1.05 bits per heavy atom. The van der Waals surface area contributed by atoms with Gasteiger partial charge in [0.15, 0.2) is 0 Å². The molecule has 0 saturated carbocycles.